The first-order valence-corrected chi connectivity index (χ1v) is 10.5. The van der Waals surface area contributed by atoms with E-state index in [0.717, 1.165) is 5.56 Å². The Morgan fingerprint density at radius 3 is 2.52 bits per heavy atom. The molecule has 0 fully saturated rings. The second-order valence-electron chi connectivity index (χ2n) is 8.53. The van der Waals surface area contributed by atoms with Crippen LogP contribution in [0.4, 0.5) is 13.2 Å². The summed E-state index contributed by atoms with van der Waals surface area (Å²) in [6, 6.07) is 11.4. The lowest BCUT2D eigenvalue weighted by atomic mass is 10.0. The number of ether oxygens (including phenoxy) is 1. The van der Waals surface area contributed by atoms with Crippen LogP contribution in [0.1, 0.15) is 49.7 Å². The molecule has 4 aromatic rings. The fourth-order valence-corrected chi connectivity index (χ4v) is 4.26. The molecule has 6 nitrogen and oxygen atoms in total. The highest BCUT2D eigenvalue weighted by Gasteiger charge is 2.36. The second-order valence-corrected chi connectivity index (χ2v) is 8.53. The van der Waals surface area contributed by atoms with Crippen LogP contribution >= 0.6 is 0 Å². The Kier molecular flexibility index (Phi) is 5.08. The Hall–Kier alpha value is -3.46. The van der Waals surface area contributed by atoms with Crippen molar-refractivity contribution in [1.82, 2.24) is 19.5 Å². The molecule has 0 bridgehead atoms. The third-order valence-electron chi connectivity index (χ3n) is 5.77. The van der Waals surface area contributed by atoms with Crippen molar-refractivity contribution in [3.8, 4) is 16.9 Å². The van der Waals surface area contributed by atoms with Crippen molar-refractivity contribution in [2.75, 3.05) is 0 Å². The number of para-hydroxylation sites is 1. The SMILES string of the molecule is CC(C)(O)c1ncc(-c2ccc3nc4n(c3c2)[C@@H](c2ccccc2OC(F)F)C[C@@H]4F)cn1. The Bertz CT molecular complexity index is 1320. The molecule has 5 rings (SSSR count). The van der Waals surface area contributed by atoms with Gasteiger partial charge in [-0.05, 0) is 37.6 Å². The van der Waals surface area contributed by atoms with Crippen LogP contribution in [0.3, 0.4) is 0 Å². The molecule has 0 amide bonds. The average Bonchev–Trinajstić information content (AvgIpc) is 3.30. The predicted octanol–water partition coefficient (Wildman–Crippen LogP) is 5.33. The first-order valence-electron chi connectivity index (χ1n) is 10.5. The molecule has 1 aliphatic rings. The van der Waals surface area contributed by atoms with Gasteiger partial charge >= 0.3 is 6.61 Å². The fourth-order valence-electron chi connectivity index (χ4n) is 4.26. The molecule has 2 aromatic carbocycles. The number of hydrogen-bond donors (Lipinski definition) is 1. The van der Waals surface area contributed by atoms with E-state index >= 15 is 0 Å². The van der Waals surface area contributed by atoms with Crippen LogP contribution < -0.4 is 4.74 Å². The van der Waals surface area contributed by atoms with Gasteiger partial charge in [0.2, 0.25) is 0 Å². The van der Waals surface area contributed by atoms with E-state index in [9.17, 15) is 18.3 Å². The normalized spacial score (nSPS) is 18.2. The summed E-state index contributed by atoms with van der Waals surface area (Å²) in [6.45, 7) is 0.227. The van der Waals surface area contributed by atoms with E-state index in [0.29, 0.717) is 28.0 Å². The number of fused-ring (bicyclic) bond motifs is 3. The van der Waals surface area contributed by atoms with Crippen LogP contribution in [0.15, 0.2) is 54.9 Å². The van der Waals surface area contributed by atoms with E-state index in [1.54, 1.807) is 55.1 Å². The molecule has 2 atom stereocenters. The number of aliphatic hydroxyl groups is 1. The Morgan fingerprint density at radius 1 is 1.09 bits per heavy atom. The number of aromatic nitrogens is 4. The van der Waals surface area contributed by atoms with Gasteiger partial charge in [-0.3, -0.25) is 0 Å². The molecule has 1 N–H and O–H groups in total. The molecule has 0 unspecified atom stereocenters. The summed E-state index contributed by atoms with van der Waals surface area (Å²) >= 11 is 0. The first kappa shape index (κ1) is 21.4. The average molecular weight is 454 g/mol. The van der Waals surface area contributed by atoms with E-state index in [-0.39, 0.29) is 18.0 Å². The summed E-state index contributed by atoms with van der Waals surface area (Å²) in [7, 11) is 0. The molecular weight excluding hydrogens is 433 g/mol. The molecule has 1 aliphatic heterocycles. The number of imidazole rings is 1. The van der Waals surface area contributed by atoms with Crippen molar-refractivity contribution in [2.24, 2.45) is 0 Å². The first-order chi connectivity index (χ1) is 15.7. The van der Waals surface area contributed by atoms with Gasteiger partial charge in [0.05, 0.1) is 17.1 Å². The topological polar surface area (TPSA) is 73.1 Å². The minimum Gasteiger partial charge on any atom is -0.434 e. The number of rotatable bonds is 5. The van der Waals surface area contributed by atoms with E-state index in [4.69, 9.17) is 4.74 Å². The summed E-state index contributed by atoms with van der Waals surface area (Å²) < 4.78 is 47.3. The van der Waals surface area contributed by atoms with Crippen LogP contribution in [-0.4, -0.2) is 31.2 Å². The Balaban J connectivity index is 1.60. The highest BCUT2D eigenvalue weighted by atomic mass is 19.3. The highest BCUT2D eigenvalue weighted by Crippen LogP contribution is 2.45. The van der Waals surface area contributed by atoms with Crippen molar-refractivity contribution in [3.63, 3.8) is 0 Å². The number of alkyl halides is 3. The molecule has 0 aliphatic carbocycles. The van der Waals surface area contributed by atoms with Crippen molar-refractivity contribution >= 4 is 11.0 Å². The smallest absolute Gasteiger partial charge is 0.387 e. The largest absolute Gasteiger partial charge is 0.434 e. The summed E-state index contributed by atoms with van der Waals surface area (Å²) in [6.07, 6.45) is 1.98. The van der Waals surface area contributed by atoms with Crippen LogP contribution in [-0.2, 0) is 5.60 Å². The Morgan fingerprint density at radius 2 is 1.82 bits per heavy atom. The molecule has 0 saturated carbocycles. The molecule has 9 heteroatoms. The maximum Gasteiger partial charge on any atom is 0.387 e. The molecule has 3 heterocycles. The lowest BCUT2D eigenvalue weighted by molar-refractivity contribution is -0.0507. The zero-order valence-electron chi connectivity index (χ0n) is 17.9. The van der Waals surface area contributed by atoms with E-state index < -0.39 is 24.4 Å². The fraction of sp³-hybridized carbons (Fsp3) is 0.292. The maximum atomic E-state index is 14.9. The predicted molar refractivity (Wildman–Crippen MR) is 116 cm³/mol. The van der Waals surface area contributed by atoms with Gasteiger partial charge in [0.15, 0.2) is 12.0 Å². The zero-order chi connectivity index (χ0) is 23.3. The Labute approximate surface area is 187 Å². The summed E-state index contributed by atoms with van der Waals surface area (Å²) in [5.74, 6) is 0.576. The molecule has 0 saturated heterocycles. The molecule has 170 valence electrons. The van der Waals surface area contributed by atoms with E-state index in [1.807, 2.05) is 12.1 Å². The van der Waals surface area contributed by atoms with Crippen LogP contribution in [0, 0.1) is 0 Å². The van der Waals surface area contributed by atoms with Crippen molar-refractivity contribution in [1.29, 1.82) is 0 Å². The van der Waals surface area contributed by atoms with Crippen molar-refractivity contribution < 1.29 is 23.0 Å². The lowest BCUT2D eigenvalue weighted by Crippen LogP contribution is -2.19. The minimum absolute atomic E-state index is 0.0196. The standard InChI is InChI=1S/C24H21F3N4O2/c1-24(2,32)22-28-11-14(12-29-22)13-7-8-17-19(9-13)31-18(10-16(25)21(31)30-17)15-5-3-4-6-20(15)33-23(26)27/h3-9,11-12,16,18,23,32H,10H2,1-2H3/t16-,18+/m0/s1. The number of benzene rings is 2. The second kappa shape index (κ2) is 7.84. The molecule has 33 heavy (non-hydrogen) atoms. The van der Waals surface area contributed by atoms with Crippen LogP contribution in [0.25, 0.3) is 22.2 Å². The third-order valence-corrected chi connectivity index (χ3v) is 5.77. The van der Waals surface area contributed by atoms with Gasteiger partial charge in [0.1, 0.15) is 17.2 Å². The van der Waals surface area contributed by atoms with Gasteiger partial charge in [0.25, 0.3) is 0 Å². The minimum atomic E-state index is -2.98. The summed E-state index contributed by atoms with van der Waals surface area (Å²) in [5, 5.41) is 10.1. The van der Waals surface area contributed by atoms with Gasteiger partial charge in [-0.1, -0.05) is 24.3 Å². The summed E-state index contributed by atoms with van der Waals surface area (Å²) in [4.78, 5) is 13.0. The van der Waals surface area contributed by atoms with Gasteiger partial charge < -0.3 is 14.4 Å². The number of nitrogens with zero attached hydrogens (tertiary/aromatic N) is 4. The quantitative estimate of drug-likeness (QED) is 0.442. The molecule has 0 spiro atoms. The molecule has 0 radical (unpaired) electrons. The van der Waals surface area contributed by atoms with Gasteiger partial charge in [-0.25, -0.2) is 19.3 Å². The number of hydrogen-bond acceptors (Lipinski definition) is 5. The van der Waals surface area contributed by atoms with Crippen LogP contribution in [0.2, 0.25) is 0 Å². The monoisotopic (exact) mass is 454 g/mol. The molecule has 2 aromatic heterocycles. The van der Waals surface area contributed by atoms with Crippen LogP contribution in [0.5, 0.6) is 5.75 Å². The highest BCUT2D eigenvalue weighted by molar-refractivity contribution is 5.83. The van der Waals surface area contributed by atoms with E-state index in [2.05, 4.69) is 15.0 Å². The molecular formula is C24H21F3N4O2. The van der Waals surface area contributed by atoms with Gasteiger partial charge in [-0.15, -0.1) is 0 Å². The number of halogens is 3. The third kappa shape index (κ3) is 3.82. The summed E-state index contributed by atoms with van der Waals surface area (Å²) in [5.41, 5.74) is 2.08. The van der Waals surface area contributed by atoms with Gasteiger partial charge in [0, 0.05) is 29.9 Å². The van der Waals surface area contributed by atoms with E-state index in [1.165, 1.54) is 6.07 Å². The van der Waals surface area contributed by atoms with Gasteiger partial charge in [-0.2, -0.15) is 8.78 Å². The zero-order valence-corrected chi connectivity index (χ0v) is 17.9. The van der Waals surface area contributed by atoms with Crippen molar-refractivity contribution in [3.05, 3.63) is 72.1 Å². The maximum absolute atomic E-state index is 14.9. The van der Waals surface area contributed by atoms with Crippen molar-refractivity contribution in [2.45, 2.75) is 44.7 Å². The lowest BCUT2D eigenvalue weighted by Gasteiger charge is -2.19.